The molecule has 0 bridgehead atoms. The Labute approximate surface area is 111 Å². The van der Waals surface area contributed by atoms with Crippen LogP contribution in [0.4, 0.5) is 0 Å². The molecule has 0 aromatic carbocycles. The first-order valence-electron chi connectivity index (χ1n) is 6.17. The number of furan rings is 2. The van der Waals surface area contributed by atoms with Gasteiger partial charge in [0.25, 0.3) is 0 Å². The molecule has 0 amide bonds. The number of carboxylic acids is 1. The summed E-state index contributed by atoms with van der Waals surface area (Å²) in [5, 5.41) is 8.96. The number of rotatable bonds is 6. The van der Waals surface area contributed by atoms with Crippen molar-refractivity contribution in [2.24, 2.45) is 0 Å². The van der Waals surface area contributed by atoms with Gasteiger partial charge in [0.2, 0.25) is 5.76 Å². The normalized spacial score (nSPS) is 11.1. The lowest BCUT2D eigenvalue weighted by molar-refractivity contribution is 0.0657. The van der Waals surface area contributed by atoms with E-state index >= 15 is 0 Å². The van der Waals surface area contributed by atoms with Crippen LogP contribution in [0.5, 0.6) is 0 Å². The Balaban J connectivity index is 2.06. The zero-order chi connectivity index (χ0) is 13.8. The van der Waals surface area contributed by atoms with E-state index in [1.165, 1.54) is 0 Å². The van der Waals surface area contributed by atoms with Crippen LogP contribution in [0.25, 0.3) is 0 Å². The molecule has 0 radical (unpaired) electrons. The molecule has 102 valence electrons. The maximum Gasteiger partial charge on any atom is 0.372 e. The largest absolute Gasteiger partial charge is 0.475 e. The third-order valence-electron chi connectivity index (χ3n) is 2.95. The SMILES string of the molecule is CCN(Cc1ccco1)Cc1cc(C)c(C(=O)O)o1. The van der Waals surface area contributed by atoms with Crippen LogP contribution in [-0.4, -0.2) is 22.5 Å². The van der Waals surface area contributed by atoms with Crippen molar-refractivity contribution in [1.82, 2.24) is 4.90 Å². The van der Waals surface area contributed by atoms with Crippen molar-refractivity contribution in [1.29, 1.82) is 0 Å². The molecule has 0 aliphatic rings. The quantitative estimate of drug-likeness (QED) is 0.868. The average Bonchev–Trinajstić information content (AvgIpc) is 2.98. The molecule has 5 heteroatoms. The number of nitrogens with zero attached hydrogens (tertiary/aromatic N) is 1. The minimum atomic E-state index is -1.03. The number of aromatic carboxylic acids is 1. The Bertz CT molecular complexity index is 542. The van der Waals surface area contributed by atoms with Gasteiger partial charge in [-0.15, -0.1) is 0 Å². The van der Waals surface area contributed by atoms with Gasteiger partial charge in [0.05, 0.1) is 19.4 Å². The van der Waals surface area contributed by atoms with E-state index in [4.69, 9.17) is 13.9 Å². The highest BCUT2D eigenvalue weighted by molar-refractivity contribution is 5.86. The lowest BCUT2D eigenvalue weighted by Crippen LogP contribution is -2.21. The fourth-order valence-corrected chi connectivity index (χ4v) is 1.96. The van der Waals surface area contributed by atoms with Gasteiger partial charge in [-0.2, -0.15) is 0 Å². The lowest BCUT2D eigenvalue weighted by Gasteiger charge is -2.17. The van der Waals surface area contributed by atoms with Crippen LogP contribution in [0.1, 0.15) is 34.6 Å². The third-order valence-corrected chi connectivity index (χ3v) is 2.95. The summed E-state index contributed by atoms with van der Waals surface area (Å²) in [5.41, 5.74) is 0.650. The van der Waals surface area contributed by atoms with Crippen molar-refractivity contribution in [2.45, 2.75) is 26.9 Å². The van der Waals surface area contributed by atoms with Gasteiger partial charge in [-0.3, -0.25) is 4.90 Å². The first kappa shape index (κ1) is 13.4. The number of hydrogen-bond donors (Lipinski definition) is 1. The monoisotopic (exact) mass is 263 g/mol. The highest BCUT2D eigenvalue weighted by Gasteiger charge is 2.16. The molecule has 2 rings (SSSR count). The van der Waals surface area contributed by atoms with Gasteiger partial charge in [0.1, 0.15) is 11.5 Å². The second kappa shape index (κ2) is 5.75. The molecule has 0 unspecified atom stereocenters. The molecular weight excluding hydrogens is 246 g/mol. The second-order valence-corrected chi connectivity index (χ2v) is 4.41. The molecule has 0 atom stereocenters. The molecule has 5 nitrogen and oxygen atoms in total. The van der Waals surface area contributed by atoms with E-state index in [-0.39, 0.29) is 5.76 Å². The Hall–Kier alpha value is -2.01. The van der Waals surface area contributed by atoms with Gasteiger partial charge < -0.3 is 13.9 Å². The van der Waals surface area contributed by atoms with Crippen molar-refractivity contribution < 1.29 is 18.7 Å². The maximum absolute atomic E-state index is 10.9. The fourth-order valence-electron chi connectivity index (χ4n) is 1.96. The summed E-state index contributed by atoms with van der Waals surface area (Å²) >= 11 is 0. The van der Waals surface area contributed by atoms with E-state index < -0.39 is 5.97 Å². The Morgan fingerprint density at radius 2 is 2.11 bits per heavy atom. The first-order chi connectivity index (χ1) is 9.10. The Kier molecular flexibility index (Phi) is 4.06. The number of aryl methyl sites for hydroxylation is 1. The molecule has 2 heterocycles. The van der Waals surface area contributed by atoms with E-state index in [1.807, 2.05) is 19.1 Å². The van der Waals surface area contributed by atoms with Crippen LogP contribution in [0, 0.1) is 6.92 Å². The lowest BCUT2D eigenvalue weighted by atomic mass is 10.2. The van der Waals surface area contributed by atoms with Crippen LogP contribution in [0.15, 0.2) is 33.3 Å². The zero-order valence-corrected chi connectivity index (χ0v) is 11.0. The number of hydrogen-bond acceptors (Lipinski definition) is 4. The molecule has 0 aliphatic heterocycles. The van der Waals surface area contributed by atoms with Gasteiger partial charge in [-0.25, -0.2) is 4.79 Å². The maximum atomic E-state index is 10.9. The van der Waals surface area contributed by atoms with Crippen LogP contribution in [0.2, 0.25) is 0 Å². The highest BCUT2D eigenvalue weighted by Crippen LogP contribution is 2.17. The predicted molar refractivity (Wildman–Crippen MR) is 68.9 cm³/mol. The van der Waals surface area contributed by atoms with E-state index in [0.29, 0.717) is 24.4 Å². The molecule has 19 heavy (non-hydrogen) atoms. The smallest absolute Gasteiger partial charge is 0.372 e. The molecule has 2 aromatic rings. The van der Waals surface area contributed by atoms with Crippen LogP contribution < -0.4 is 0 Å². The zero-order valence-electron chi connectivity index (χ0n) is 11.0. The van der Waals surface area contributed by atoms with Gasteiger partial charge in [0.15, 0.2) is 0 Å². The van der Waals surface area contributed by atoms with Crippen molar-refractivity contribution in [2.75, 3.05) is 6.54 Å². The highest BCUT2D eigenvalue weighted by atomic mass is 16.4. The molecular formula is C14H17NO4. The summed E-state index contributed by atoms with van der Waals surface area (Å²) in [6.45, 7) is 5.83. The summed E-state index contributed by atoms with van der Waals surface area (Å²) < 4.78 is 10.7. The predicted octanol–water partition coefficient (Wildman–Crippen LogP) is 2.90. The fraction of sp³-hybridized carbons (Fsp3) is 0.357. The summed E-state index contributed by atoms with van der Waals surface area (Å²) in [4.78, 5) is 13.0. The molecule has 0 saturated carbocycles. The molecule has 1 N–H and O–H groups in total. The van der Waals surface area contributed by atoms with Crippen molar-refractivity contribution >= 4 is 5.97 Å². The van der Waals surface area contributed by atoms with Gasteiger partial charge in [-0.1, -0.05) is 6.92 Å². The van der Waals surface area contributed by atoms with Crippen molar-refractivity contribution in [3.8, 4) is 0 Å². The summed E-state index contributed by atoms with van der Waals surface area (Å²) in [7, 11) is 0. The Morgan fingerprint density at radius 1 is 1.37 bits per heavy atom. The summed E-state index contributed by atoms with van der Waals surface area (Å²) in [5.74, 6) is 0.522. The summed E-state index contributed by atoms with van der Waals surface area (Å²) in [6.07, 6.45) is 1.64. The third kappa shape index (κ3) is 3.26. The number of carboxylic acid groups (broad SMARTS) is 1. The first-order valence-corrected chi connectivity index (χ1v) is 6.17. The Morgan fingerprint density at radius 3 is 2.63 bits per heavy atom. The minimum absolute atomic E-state index is 0.0176. The van der Waals surface area contributed by atoms with Gasteiger partial charge >= 0.3 is 5.97 Å². The average molecular weight is 263 g/mol. The van der Waals surface area contributed by atoms with Crippen molar-refractivity contribution in [3.63, 3.8) is 0 Å². The van der Waals surface area contributed by atoms with Gasteiger partial charge in [0, 0.05) is 5.56 Å². The van der Waals surface area contributed by atoms with Crippen molar-refractivity contribution in [3.05, 3.63) is 47.3 Å². The second-order valence-electron chi connectivity index (χ2n) is 4.41. The van der Waals surface area contributed by atoms with E-state index in [9.17, 15) is 4.79 Å². The molecule has 0 spiro atoms. The molecule has 2 aromatic heterocycles. The van der Waals surface area contributed by atoms with E-state index in [1.54, 1.807) is 19.3 Å². The summed E-state index contributed by atoms with van der Waals surface area (Å²) in [6, 6.07) is 5.54. The van der Waals surface area contributed by atoms with Crippen LogP contribution in [0.3, 0.4) is 0 Å². The van der Waals surface area contributed by atoms with E-state index in [0.717, 1.165) is 12.3 Å². The van der Waals surface area contributed by atoms with Gasteiger partial charge in [-0.05, 0) is 31.7 Å². The minimum Gasteiger partial charge on any atom is -0.475 e. The van der Waals surface area contributed by atoms with E-state index in [2.05, 4.69) is 4.90 Å². The van der Waals surface area contributed by atoms with Crippen LogP contribution in [-0.2, 0) is 13.1 Å². The van der Waals surface area contributed by atoms with Crippen LogP contribution >= 0.6 is 0 Å². The molecule has 0 fully saturated rings. The standard InChI is InChI=1S/C14H17NO4/c1-3-15(8-11-5-4-6-18-11)9-12-7-10(2)13(19-12)14(16)17/h4-7H,3,8-9H2,1-2H3,(H,16,17). The molecule has 0 saturated heterocycles. The topological polar surface area (TPSA) is 66.8 Å². The molecule has 0 aliphatic carbocycles. The number of carbonyl (C=O) groups is 1.